The lowest BCUT2D eigenvalue weighted by Crippen LogP contribution is -1.90. The number of hydrogen-bond acceptors (Lipinski definition) is 5. The Kier molecular flexibility index (Phi) is 2.25. The van der Waals surface area contributed by atoms with E-state index in [1.165, 1.54) is 7.11 Å². The molecule has 0 saturated heterocycles. The summed E-state index contributed by atoms with van der Waals surface area (Å²) in [4.78, 5) is 9.65. The molecule has 1 aromatic rings. The number of hydrogen-bond donors (Lipinski definition) is 0. The Morgan fingerprint density at radius 2 is 2.45 bits per heavy atom. The van der Waals surface area contributed by atoms with E-state index in [-0.39, 0.29) is 15.9 Å². The van der Waals surface area contributed by atoms with Gasteiger partial charge in [0, 0.05) is 0 Å². The molecule has 0 aliphatic heterocycles. The molecule has 0 saturated carbocycles. The number of halogens is 1. The molecule has 0 aliphatic carbocycles. The molecular weight excluding hydrogens is 192 g/mol. The second-order valence-corrected chi connectivity index (χ2v) is 2.95. The van der Waals surface area contributed by atoms with Gasteiger partial charge in [0.05, 0.1) is 12.0 Å². The van der Waals surface area contributed by atoms with E-state index in [0.717, 1.165) is 11.5 Å². The SMILES string of the molecule is COc1nsc(Cl)c1[N+](=O)[O-]. The summed E-state index contributed by atoms with van der Waals surface area (Å²) < 4.78 is 8.24. The monoisotopic (exact) mass is 194 g/mol. The average Bonchev–Trinajstić information content (AvgIpc) is 2.30. The van der Waals surface area contributed by atoms with Crippen LogP contribution >= 0.6 is 23.1 Å². The molecule has 1 rings (SSSR count). The third-order valence-electron chi connectivity index (χ3n) is 0.973. The third kappa shape index (κ3) is 1.41. The zero-order valence-electron chi connectivity index (χ0n) is 5.41. The van der Waals surface area contributed by atoms with Crippen molar-refractivity contribution in [3.63, 3.8) is 0 Å². The van der Waals surface area contributed by atoms with Crippen LogP contribution in [0.4, 0.5) is 5.69 Å². The molecule has 0 spiro atoms. The fourth-order valence-electron chi connectivity index (χ4n) is 0.536. The van der Waals surface area contributed by atoms with Gasteiger partial charge in [0.1, 0.15) is 0 Å². The van der Waals surface area contributed by atoms with Gasteiger partial charge in [-0.3, -0.25) is 10.1 Å². The Labute approximate surface area is 70.9 Å². The van der Waals surface area contributed by atoms with E-state index >= 15 is 0 Å². The summed E-state index contributed by atoms with van der Waals surface area (Å²) in [5.41, 5.74) is -0.265. The molecule has 0 aliphatic rings. The summed E-state index contributed by atoms with van der Waals surface area (Å²) in [7, 11) is 1.30. The highest BCUT2D eigenvalue weighted by atomic mass is 35.5. The number of methoxy groups -OCH3 is 1. The quantitative estimate of drug-likeness (QED) is 0.531. The van der Waals surface area contributed by atoms with Gasteiger partial charge in [-0.25, -0.2) is 0 Å². The van der Waals surface area contributed by atoms with E-state index in [1.54, 1.807) is 0 Å². The van der Waals surface area contributed by atoms with E-state index in [4.69, 9.17) is 11.6 Å². The Morgan fingerprint density at radius 1 is 1.82 bits per heavy atom. The highest BCUT2D eigenvalue weighted by Crippen LogP contribution is 2.36. The lowest BCUT2D eigenvalue weighted by molar-refractivity contribution is -0.385. The molecule has 0 radical (unpaired) electrons. The Balaban J connectivity index is 3.17. The maximum Gasteiger partial charge on any atom is 0.361 e. The minimum absolute atomic E-state index is 0.0341. The van der Waals surface area contributed by atoms with Crippen molar-refractivity contribution in [3.8, 4) is 5.88 Å². The molecule has 0 atom stereocenters. The molecule has 0 bridgehead atoms. The average molecular weight is 195 g/mol. The van der Waals surface area contributed by atoms with Crippen molar-refractivity contribution in [2.24, 2.45) is 0 Å². The highest BCUT2D eigenvalue weighted by molar-refractivity contribution is 7.11. The predicted octanol–water partition coefficient (Wildman–Crippen LogP) is 1.71. The van der Waals surface area contributed by atoms with Gasteiger partial charge in [0.2, 0.25) is 0 Å². The van der Waals surface area contributed by atoms with Crippen LogP contribution in [0.25, 0.3) is 0 Å². The van der Waals surface area contributed by atoms with Crippen LogP contribution in [0, 0.1) is 10.1 Å². The first-order valence-electron chi connectivity index (χ1n) is 2.50. The Hall–Kier alpha value is -0.880. The smallest absolute Gasteiger partial charge is 0.361 e. The number of rotatable bonds is 2. The molecule has 0 N–H and O–H groups in total. The van der Waals surface area contributed by atoms with Crippen LogP contribution in [0.5, 0.6) is 5.88 Å². The summed E-state index contributed by atoms with van der Waals surface area (Å²) in [6, 6.07) is 0. The van der Waals surface area contributed by atoms with Gasteiger partial charge in [-0.2, -0.15) is 0 Å². The zero-order chi connectivity index (χ0) is 8.43. The maximum absolute atomic E-state index is 10.3. The molecule has 1 aromatic heterocycles. The van der Waals surface area contributed by atoms with Gasteiger partial charge >= 0.3 is 11.6 Å². The van der Waals surface area contributed by atoms with Crippen molar-refractivity contribution in [2.75, 3.05) is 7.11 Å². The highest BCUT2D eigenvalue weighted by Gasteiger charge is 2.23. The summed E-state index contributed by atoms with van der Waals surface area (Å²) >= 11 is 6.29. The Morgan fingerprint density at radius 3 is 2.82 bits per heavy atom. The van der Waals surface area contributed by atoms with Gasteiger partial charge in [-0.05, 0) is 11.5 Å². The molecule has 1 heterocycles. The second-order valence-electron chi connectivity index (χ2n) is 1.57. The molecule has 0 amide bonds. The van der Waals surface area contributed by atoms with Crippen molar-refractivity contribution in [1.82, 2.24) is 4.37 Å². The lowest BCUT2D eigenvalue weighted by atomic mass is 10.6. The van der Waals surface area contributed by atoms with E-state index < -0.39 is 4.92 Å². The van der Waals surface area contributed by atoms with Crippen LogP contribution in [0.1, 0.15) is 0 Å². The van der Waals surface area contributed by atoms with Crippen molar-refractivity contribution in [2.45, 2.75) is 0 Å². The number of aromatic nitrogens is 1. The van der Waals surface area contributed by atoms with E-state index in [2.05, 4.69) is 9.11 Å². The van der Waals surface area contributed by atoms with Gasteiger partial charge in [-0.1, -0.05) is 11.6 Å². The van der Waals surface area contributed by atoms with Crippen LogP contribution < -0.4 is 4.74 Å². The minimum atomic E-state index is -0.620. The van der Waals surface area contributed by atoms with Crippen molar-refractivity contribution < 1.29 is 9.66 Å². The molecule has 11 heavy (non-hydrogen) atoms. The lowest BCUT2D eigenvalue weighted by Gasteiger charge is -1.90. The normalized spacial score (nSPS) is 9.64. The van der Waals surface area contributed by atoms with Gasteiger partial charge in [-0.15, -0.1) is 4.37 Å². The minimum Gasteiger partial charge on any atom is -0.475 e. The molecule has 60 valence electrons. The number of nitro groups is 1. The molecular formula is C4H3ClN2O3S. The van der Waals surface area contributed by atoms with Crippen molar-refractivity contribution in [3.05, 3.63) is 14.5 Å². The fourth-order valence-corrected chi connectivity index (χ4v) is 1.36. The van der Waals surface area contributed by atoms with E-state index in [9.17, 15) is 10.1 Å². The van der Waals surface area contributed by atoms with Crippen LogP contribution in [0.3, 0.4) is 0 Å². The second kappa shape index (κ2) is 3.02. The number of nitrogens with zero attached hydrogens (tertiary/aromatic N) is 2. The van der Waals surface area contributed by atoms with Crippen LogP contribution in [-0.4, -0.2) is 16.4 Å². The predicted molar refractivity (Wildman–Crippen MR) is 40.3 cm³/mol. The van der Waals surface area contributed by atoms with Crippen LogP contribution in [0.2, 0.25) is 4.34 Å². The standard InChI is InChI=1S/C4H3ClN2O3S/c1-10-4-2(7(8)9)3(5)11-6-4/h1H3. The van der Waals surface area contributed by atoms with E-state index in [0.29, 0.717) is 0 Å². The fraction of sp³-hybridized carbons (Fsp3) is 0.250. The van der Waals surface area contributed by atoms with Gasteiger partial charge in [0.15, 0.2) is 4.34 Å². The summed E-state index contributed by atoms with van der Waals surface area (Å²) in [5, 5.41) is 10.3. The molecule has 7 heteroatoms. The maximum atomic E-state index is 10.3. The Bertz CT molecular complexity index is 287. The first kappa shape index (κ1) is 8.22. The largest absolute Gasteiger partial charge is 0.475 e. The zero-order valence-corrected chi connectivity index (χ0v) is 6.98. The summed E-state index contributed by atoms with van der Waals surface area (Å²) in [6.07, 6.45) is 0. The van der Waals surface area contributed by atoms with Crippen LogP contribution in [0.15, 0.2) is 0 Å². The first-order valence-corrected chi connectivity index (χ1v) is 3.65. The number of ether oxygens (including phenoxy) is 1. The van der Waals surface area contributed by atoms with Crippen molar-refractivity contribution >= 4 is 28.8 Å². The molecule has 0 aromatic carbocycles. The van der Waals surface area contributed by atoms with Gasteiger partial charge < -0.3 is 4.74 Å². The molecule has 0 fully saturated rings. The van der Waals surface area contributed by atoms with Gasteiger partial charge in [0.25, 0.3) is 0 Å². The van der Waals surface area contributed by atoms with Crippen LogP contribution in [-0.2, 0) is 0 Å². The van der Waals surface area contributed by atoms with E-state index in [1.807, 2.05) is 0 Å². The van der Waals surface area contributed by atoms with Crippen molar-refractivity contribution in [1.29, 1.82) is 0 Å². The molecule has 0 unspecified atom stereocenters. The topological polar surface area (TPSA) is 65.3 Å². The summed E-state index contributed by atoms with van der Waals surface area (Å²) in [5.74, 6) is -0.0370. The third-order valence-corrected chi connectivity index (χ3v) is 1.97. The summed E-state index contributed by atoms with van der Waals surface area (Å²) in [6.45, 7) is 0. The first-order chi connectivity index (χ1) is 5.16. The molecule has 5 nitrogen and oxygen atoms in total.